The predicted octanol–water partition coefficient (Wildman–Crippen LogP) is 10.2. The van der Waals surface area contributed by atoms with Crippen LogP contribution in [0.2, 0.25) is 0 Å². The van der Waals surface area contributed by atoms with Crippen LogP contribution in [-0.4, -0.2) is 69.9 Å². The van der Waals surface area contributed by atoms with Gasteiger partial charge >= 0.3 is 17.9 Å². The van der Waals surface area contributed by atoms with Crippen molar-refractivity contribution in [2.45, 2.75) is 200 Å². The summed E-state index contributed by atoms with van der Waals surface area (Å²) in [5, 5.41) is 0. The number of hydrogen-bond donors (Lipinski definition) is 0. The number of carbonyl (C=O) groups excluding carboxylic acids is 4. The molecule has 0 saturated heterocycles. The number of methoxy groups -OCH3 is 1. The Kier molecular flexibility index (Phi) is 36.7. The first kappa shape index (κ1) is 48.0. The molecule has 0 fully saturated rings. The van der Waals surface area contributed by atoms with Gasteiger partial charge in [-0.2, -0.15) is 0 Å². The topological polar surface area (TPSA) is 114 Å². The van der Waals surface area contributed by atoms with Crippen molar-refractivity contribution in [1.29, 1.82) is 0 Å². The molecule has 0 aliphatic rings. The molecule has 0 heterocycles. The second-order valence-corrected chi connectivity index (χ2v) is 13.8. The first-order valence-electron chi connectivity index (χ1n) is 20.5. The lowest BCUT2D eigenvalue weighted by Gasteiger charge is -2.18. The van der Waals surface area contributed by atoms with Gasteiger partial charge < -0.3 is 23.7 Å². The van der Waals surface area contributed by atoms with Crippen LogP contribution in [0.3, 0.4) is 0 Å². The molecule has 0 radical (unpaired) electrons. The van der Waals surface area contributed by atoms with Crippen molar-refractivity contribution in [3.8, 4) is 0 Å². The minimum atomic E-state index is -0.859. The Morgan fingerprint density at radius 2 is 0.840 bits per heavy atom. The molecule has 0 saturated carbocycles. The fraction of sp³-hybridized carbons (Fsp3) is 0.902. The molecule has 0 aromatic rings. The lowest BCUT2D eigenvalue weighted by Crippen LogP contribution is -2.31. The fourth-order valence-electron chi connectivity index (χ4n) is 5.74. The van der Waals surface area contributed by atoms with Gasteiger partial charge in [-0.1, -0.05) is 142 Å². The number of carbonyl (C=O) groups is 4. The highest BCUT2D eigenvalue weighted by molar-refractivity contribution is 5.80. The van der Waals surface area contributed by atoms with Crippen LogP contribution in [0.4, 0.5) is 0 Å². The van der Waals surface area contributed by atoms with Crippen LogP contribution in [0.15, 0.2) is 0 Å². The molecule has 0 aromatic carbocycles. The van der Waals surface area contributed by atoms with Gasteiger partial charge in [0.1, 0.15) is 19.8 Å². The largest absolute Gasteiger partial charge is 0.462 e. The van der Waals surface area contributed by atoms with Gasteiger partial charge in [0.2, 0.25) is 0 Å². The third-order valence-corrected chi connectivity index (χ3v) is 8.86. The molecule has 9 heteroatoms. The Balaban J connectivity index is 4.42. The van der Waals surface area contributed by atoms with Gasteiger partial charge in [0.25, 0.3) is 0 Å². The van der Waals surface area contributed by atoms with Gasteiger partial charge in [-0.15, -0.1) is 0 Å². The van der Waals surface area contributed by atoms with E-state index in [2.05, 4.69) is 13.8 Å². The van der Waals surface area contributed by atoms with E-state index in [1.807, 2.05) is 0 Å². The Bertz CT molecular complexity index is 801. The van der Waals surface area contributed by atoms with Crippen LogP contribution < -0.4 is 0 Å². The SMILES string of the molecule is CCCCCCCCCCCCCC(=O)OCC(COC(=O)CCCC(=O)COCCCOC)OC(=O)CCCCCCCCCCCCC. The van der Waals surface area contributed by atoms with E-state index in [-0.39, 0.29) is 56.8 Å². The molecule has 294 valence electrons. The van der Waals surface area contributed by atoms with Gasteiger partial charge in [0.05, 0.1) is 0 Å². The zero-order valence-corrected chi connectivity index (χ0v) is 32.6. The Labute approximate surface area is 306 Å². The number of rotatable bonds is 39. The van der Waals surface area contributed by atoms with Gasteiger partial charge in [-0.25, -0.2) is 0 Å². The minimum absolute atomic E-state index is 0.0144. The Hall–Kier alpha value is -2.00. The van der Waals surface area contributed by atoms with Gasteiger partial charge in [0.15, 0.2) is 11.9 Å². The van der Waals surface area contributed by atoms with E-state index in [1.165, 1.54) is 103 Å². The summed E-state index contributed by atoms with van der Waals surface area (Å²) in [5.41, 5.74) is 0. The zero-order chi connectivity index (χ0) is 36.8. The smallest absolute Gasteiger partial charge is 0.306 e. The third kappa shape index (κ3) is 35.8. The maximum Gasteiger partial charge on any atom is 0.306 e. The van der Waals surface area contributed by atoms with Crippen molar-refractivity contribution in [1.82, 2.24) is 0 Å². The predicted molar refractivity (Wildman–Crippen MR) is 200 cm³/mol. The number of esters is 3. The highest BCUT2D eigenvalue weighted by Crippen LogP contribution is 2.14. The standard InChI is InChI=1S/C41H76O9/c1-4-6-8-10-12-14-16-18-20-22-24-29-39(43)48-35-38(36-49-40(44)31-26-28-37(42)34-47-33-27-32-46-3)50-41(45)30-25-23-21-19-17-15-13-11-9-7-5-2/h38H,4-36H2,1-3H3. The third-order valence-electron chi connectivity index (χ3n) is 8.86. The van der Waals surface area contributed by atoms with Crippen LogP contribution in [0.25, 0.3) is 0 Å². The van der Waals surface area contributed by atoms with Crippen LogP contribution in [0.5, 0.6) is 0 Å². The normalized spacial score (nSPS) is 11.7. The molecule has 0 rings (SSSR count). The van der Waals surface area contributed by atoms with E-state index in [1.54, 1.807) is 7.11 Å². The van der Waals surface area contributed by atoms with E-state index < -0.39 is 12.1 Å². The molecule has 0 N–H and O–H groups in total. The summed E-state index contributed by atoms with van der Waals surface area (Å²) >= 11 is 0. The number of ketones is 1. The summed E-state index contributed by atoms with van der Waals surface area (Å²) in [6, 6.07) is 0. The second kappa shape index (κ2) is 38.2. The fourth-order valence-corrected chi connectivity index (χ4v) is 5.74. The summed E-state index contributed by atoms with van der Waals surface area (Å²) < 4.78 is 26.7. The molecular weight excluding hydrogens is 636 g/mol. The molecule has 0 aliphatic carbocycles. The summed E-state index contributed by atoms with van der Waals surface area (Å²) in [7, 11) is 1.61. The average Bonchev–Trinajstić information content (AvgIpc) is 3.10. The molecule has 1 unspecified atom stereocenters. The molecular formula is C41H76O9. The Morgan fingerprint density at radius 1 is 0.440 bits per heavy atom. The van der Waals surface area contributed by atoms with E-state index in [0.29, 0.717) is 26.1 Å². The van der Waals surface area contributed by atoms with E-state index >= 15 is 0 Å². The summed E-state index contributed by atoms with van der Waals surface area (Å²) in [4.78, 5) is 49.4. The average molecular weight is 713 g/mol. The lowest BCUT2D eigenvalue weighted by molar-refractivity contribution is -0.167. The highest BCUT2D eigenvalue weighted by atomic mass is 16.6. The maximum absolute atomic E-state index is 12.6. The summed E-state index contributed by atoms with van der Waals surface area (Å²) in [5.74, 6) is -1.27. The van der Waals surface area contributed by atoms with Crippen LogP contribution in [-0.2, 0) is 42.9 Å². The molecule has 0 amide bonds. The van der Waals surface area contributed by atoms with Crippen molar-refractivity contribution >= 4 is 23.7 Å². The number of ether oxygens (including phenoxy) is 5. The van der Waals surface area contributed by atoms with Crippen LogP contribution >= 0.6 is 0 Å². The van der Waals surface area contributed by atoms with Gasteiger partial charge in [0, 0.05) is 46.0 Å². The number of Topliss-reactive ketones (excluding diaryl/α,β-unsaturated/α-hetero) is 1. The van der Waals surface area contributed by atoms with Crippen molar-refractivity contribution in [3.05, 3.63) is 0 Å². The zero-order valence-electron chi connectivity index (χ0n) is 32.6. The molecule has 0 bridgehead atoms. The first-order valence-corrected chi connectivity index (χ1v) is 20.5. The lowest BCUT2D eigenvalue weighted by atomic mass is 10.1. The summed E-state index contributed by atoms with van der Waals surface area (Å²) in [6.45, 7) is 5.18. The number of unbranched alkanes of at least 4 members (excludes halogenated alkanes) is 20. The molecule has 0 aromatic heterocycles. The van der Waals surface area contributed by atoms with E-state index in [9.17, 15) is 19.2 Å². The van der Waals surface area contributed by atoms with E-state index in [4.69, 9.17) is 23.7 Å². The molecule has 1 atom stereocenters. The quantitative estimate of drug-likeness (QED) is 0.0349. The van der Waals surface area contributed by atoms with Crippen molar-refractivity contribution in [2.24, 2.45) is 0 Å². The highest BCUT2D eigenvalue weighted by Gasteiger charge is 2.19. The van der Waals surface area contributed by atoms with Crippen LogP contribution in [0, 0.1) is 0 Å². The van der Waals surface area contributed by atoms with Gasteiger partial charge in [-0.05, 0) is 25.7 Å². The van der Waals surface area contributed by atoms with Crippen LogP contribution in [0.1, 0.15) is 194 Å². The number of hydrogen-bond acceptors (Lipinski definition) is 9. The first-order chi connectivity index (χ1) is 24.4. The van der Waals surface area contributed by atoms with Crippen molar-refractivity contribution < 1.29 is 42.9 Å². The minimum Gasteiger partial charge on any atom is -0.462 e. The molecule has 0 spiro atoms. The summed E-state index contributed by atoms with van der Waals surface area (Å²) in [6.07, 6.45) is 27.4. The van der Waals surface area contributed by atoms with E-state index in [0.717, 1.165) is 44.9 Å². The van der Waals surface area contributed by atoms with Crippen molar-refractivity contribution in [2.75, 3.05) is 40.1 Å². The molecule has 9 nitrogen and oxygen atoms in total. The monoisotopic (exact) mass is 713 g/mol. The molecule has 50 heavy (non-hydrogen) atoms. The van der Waals surface area contributed by atoms with Crippen molar-refractivity contribution in [3.63, 3.8) is 0 Å². The second-order valence-electron chi connectivity index (χ2n) is 13.8. The Morgan fingerprint density at radius 3 is 1.28 bits per heavy atom. The molecule has 0 aliphatic heterocycles. The van der Waals surface area contributed by atoms with Gasteiger partial charge in [-0.3, -0.25) is 19.2 Å². The maximum atomic E-state index is 12.6.